The number of amides is 1. The van der Waals surface area contributed by atoms with Crippen LogP contribution in [-0.2, 0) is 16.2 Å². The van der Waals surface area contributed by atoms with Gasteiger partial charge in [0.05, 0.1) is 22.6 Å². The summed E-state index contributed by atoms with van der Waals surface area (Å²) in [6.07, 6.45) is -4.77. The topological polar surface area (TPSA) is 66.9 Å². The van der Waals surface area contributed by atoms with Crippen LogP contribution in [0.3, 0.4) is 0 Å². The highest BCUT2D eigenvalue weighted by molar-refractivity contribution is 7.89. The maximum Gasteiger partial charge on any atom is 0.417 e. The molecule has 30 heavy (non-hydrogen) atoms. The van der Waals surface area contributed by atoms with E-state index in [1.54, 1.807) is 24.3 Å². The van der Waals surface area contributed by atoms with E-state index in [-0.39, 0.29) is 32.1 Å². The largest absolute Gasteiger partial charge is 0.497 e. The lowest BCUT2D eigenvalue weighted by molar-refractivity contribution is -0.137. The van der Waals surface area contributed by atoms with Gasteiger partial charge in [-0.15, -0.1) is 0 Å². The minimum Gasteiger partial charge on any atom is -0.497 e. The van der Waals surface area contributed by atoms with E-state index in [2.05, 4.69) is 0 Å². The fourth-order valence-electron chi connectivity index (χ4n) is 3.10. The van der Waals surface area contributed by atoms with E-state index in [4.69, 9.17) is 16.3 Å². The zero-order chi connectivity index (χ0) is 22.1. The van der Waals surface area contributed by atoms with Crippen molar-refractivity contribution in [3.63, 3.8) is 0 Å². The van der Waals surface area contributed by atoms with E-state index in [0.717, 1.165) is 16.4 Å². The first-order chi connectivity index (χ1) is 14.0. The van der Waals surface area contributed by atoms with Crippen molar-refractivity contribution in [2.45, 2.75) is 11.1 Å². The summed E-state index contributed by atoms with van der Waals surface area (Å²) in [5.74, 6) is 0.238. The van der Waals surface area contributed by atoms with Crippen molar-refractivity contribution in [1.29, 1.82) is 0 Å². The number of hydrogen-bond acceptors (Lipinski definition) is 4. The number of alkyl halides is 3. The van der Waals surface area contributed by atoms with E-state index >= 15 is 0 Å². The number of rotatable bonds is 4. The molecule has 1 aliphatic rings. The van der Waals surface area contributed by atoms with Gasteiger partial charge in [-0.25, -0.2) is 8.42 Å². The molecule has 1 aliphatic heterocycles. The number of nitrogens with zero attached hydrogens (tertiary/aromatic N) is 2. The van der Waals surface area contributed by atoms with Gasteiger partial charge in [0.15, 0.2) is 0 Å². The number of sulfonamides is 1. The average molecular weight is 463 g/mol. The van der Waals surface area contributed by atoms with Crippen molar-refractivity contribution in [3.05, 3.63) is 58.6 Å². The molecule has 0 N–H and O–H groups in total. The molecule has 0 radical (unpaired) electrons. The molecule has 0 bridgehead atoms. The Morgan fingerprint density at radius 1 is 1.07 bits per heavy atom. The molecule has 0 unspecified atom stereocenters. The third kappa shape index (κ3) is 4.55. The van der Waals surface area contributed by atoms with Crippen LogP contribution >= 0.6 is 11.6 Å². The number of ether oxygens (including phenoxy) is 1. The quantitative estimate of drug-likeness (QED) is 0.697. The first-order valence-electron chi connectivity index (χ1n) is 8.84. The van der Waals surface area contributed by atoms with Crippen molar-refractivity contribution in [3.8, 4) is 5.75 Å². The monoisotopic (exact) mass is 462 g/mol. The normalized spacial score (nSPS) is 15.8. The standard InChI is InChI=1S/C19H18ClF3N2O4S/c1-29-14-4-2-3-13(11-14)18(26)24-7-9-25(10-8-24)30(27,28)15-5-6-17(20)16(12-15)19(21,22)23/h2-6,11-12H,7-10H2,1H3. The number of hydrogen-bond donors (Lipinski definition) is 0. The Labute approximate surface area is 176 Å². The molecular weight excluding hydrogens is 445 g/mol. The Morgan fingerprint density at radius 2 is 1.73 bits per heavy atom. The van der Waals surface area contributed by atoms with Gasteiger partial charge in [0.1, 0.15) is 5.75 Å². The molecule has 1 fully saturated rings. The van der Waals surface area contributed by atoms with Crippen LogP contribution < -0.4 is 4.74 Å². The molecule has 0 aliphatic carbocycles. The lowest BCUT2D eigenvalue weighted by atomic mass is 10.1. The molecule has 2 aromatic rings. The lowest BCUT2D eigenvalue weighted by Gasteiger charge is -2.34. The zero-order valence-electron chi connectivity index (χ0n) is 15.8. The predicted molar refractivity (Wildman–Crippen MR) is 104 cm³/mol. The Hall–Kier alpha value is -2.30. The van der Waals surface area contributed by atoms with Crippen LogP contribution in [-0.4, -0.2) is 56.8 Å². The first kappa shape index (κ1) is 22.4. The highest BCUT2D eigenvalue weighted by Gasteiger charge is 2.36. The van der Waals surface area contributed by atoms with E-state index in [1.165, 1.54) is 12.0 Å². The summed E-state index contributed by atoms with van der Waals surface area (Å²) >= 11 is 5.57. The van der Waals surface area contributed by atoms with E-state index < -0.39 is 31.7 Å². The van der Waals surface area contributed by atoms with Gasteiger partial charge in [-0.2, -0.15) is 17.5 Å². The molecule has 1 amide bonds. The molecule has 1 saturated heterocycles. The van der Waals surface area contributed by atoms with Gasteiger partial charge in [0.25, 0.3) is 5.91 Å². The number of carbonyl (C=O) groups excluding carboxylic acids is 1. The van der Waals surface area contributed by atoms with Crippen LogP contribution in [0, 0.1) is 0 Å². The molecule has 2 aromatic carbocycles. The Balaban J connectivity index is 1.75. The Kier molecular flexibility index (Phi) is 6.30. The van der Waals surface area contributed by atoms with Crippen LogP contribution in [0.2, 0.25) is 5.02 Å². The molecule has 0 spiro atoms. The average Bonchev–Trinajstić information content (AvgIpc) is 2.72. The Bertz CT molecular complexity index is 1050. The molecular formula is C19H18ClF3N2O4S. The van der Waals surface area contributed by atoms with Gasteiger partial charge >= 0.3 is 6.18 Å². The minimum atomic E-state index is -4.77. The number of halogens is 4. The van der Waals surface area contributed by atoms with Crippen LogP contribution in [0.25, 0.3) is 0 Å². The lowest BCUT2D eigenvalue weighted by Crippen LogP contribution is -2.50. The fourth-order valence-corrected chi connectivity index (χ4v) is 4.78. The minimum absolute atomic E-state index is 0.0397. The summed E-state index contributed by atoms with van der Waals surface area (Å²) in [6.45, 7) is 0.133. The van der Waals surface area contributed by atoms with Crippen molar-refractivity contribution in [2.75, 3.05) is 33.3 Å². The van der Waals surface area contributed by atoms with Gasteiger partial charge in [-0.05, 0) is 36.4 Å². The van der Waals surface area contributed by atoms with Gasteiger partial charge in [-0.3, -0.25) is 4.79 Å². The van der Waals surface area contributed by atoms with E-state index in [9.17, 15) is 26.4 Å². The number of piperazine rings is 1. The summed E-state index contributed by atoms with van der Waals surface area (Å²) in [5, 5.41) is -0.574. The second kappa shape index (κ2) is 8.44. The Morgan fingerprint density at radius 3 is 2.33 bits per heavy atom. The number of methoxy groups -OCH3 is 1. The summed E-state index contributed by atoms with van der Waals surface area (Å²) in [5.41, 5.74) is -0.810. The maximum absolute atomic E-state index is 13.1. The summed E-state index contributed by atoms with van der Waals surface area (Å²) in [6, 6.07) is 9.07. The molecule has 1 heterocycles. The zero-order valence-corrected chi connectivity index (χ0v) is 17.4. The highest BCUT2D eigenvalue weighted by atomic mass is 35.5. The van der Waals surface area contributed by atoms with Crippen LogP contribution in [0.5, 0.6) is 5.75 Å². The molecule has 11 heteroatoms. The summed E-state index contributed by atoms with van der Waals surface area (Å²) < 4.78 is 71.0. The number of benzene rings is 2. The second-order valence-corrected chi connectivity index (χ2v) is 8.91. The maximum atomic E-state index is 13.1. The summed E-state index contributed by atoms with van der Waals surface area (Å²) in [4.78, 5) is 13.6. The van der Waals surface area contributed by atoms with Crippen molar-refractivity contribution in [2.24, 2.45) is 0 Å². The van der Waals surface area contributed by atoms with Gasteiger partial charge in [0.2, 0.25) is 10.0 Å². The van der Waals surface area contributed by atoms with Crippen molar-refractivity contribution in [1.82, 2.24) is 9.21 Å². The fraction of sp³-hybridized carbons (Fsp3) is 0.316. The first-order valence-corrected chi connectivity index (χ1v) is 10.7. The molecule has 3 rings (SSSR count). The van der Waals surface area contributed by atoms with Crippen LogP contribution in [0.15, 0.2) is 47.4 Å². The van der Waals surface area contributed by atoms with Crippen LogP contribution in [0.4, 0.5) is 13.2 Å². The van der Waals surface area contributed by atoms with Crippen molar-refractivity contribution < 1.29 is 31.1 Å². The third-order valence-electron chi connectivity index (χ3n) is 4.72. The number of carbonyl (C=O) groups is 1. The summed E-state index contributed by atoms with van der Waals surface area (Å²) in [7, 11) is -2.69. The van der Waals surface area contributed by atoms with E-state index in [1.807, 2.05) is 0 Å². The predicted octanol–water partition coefficient (Wildman–Crippen LogP) is 3.51. The van der Waals surface area contributed by atoms with Gasteiger partial charge < -0.3 is 9.64 Å². The van der Waals surface area contributed by atoms with Crippen LogP contribution in [0.1, 0.15) is 15.9 Å². The molecule has 162 valence electrons. The third-order valence-corrected chi connectivity index (χ3v) is 6.95. The SMILES string of the molecule is COc1cccc(C(=O)N2CCN(S(=O)(=O)c3ccc(Cl)c(C(F)(F)F)c3)CC2)c1. The molecule has 0 atom stereocenters. The molecule has 0 aromatic heterocycles. The van der Waals surface area contributed by atoms with Gasteiger partial charge in [-0.1, -0.05) is 17.7 Å². The molecule has 6 nitrogen and oxygen atoms in total. The van der Waals surface area contributed by atoms with Crippen molar-refractivity contribution >= 4 is 27.5 Å². The highest BCUT2D eigenvalue weighted by Crippen LogP contribution is 2.36. The van der Waals surface area contributed by atoms with Gasteiger partial charge in [0, 0.05) is 31.7 Å². The van der Waals surface area contributed by atoms with E-state index in [0.29, 0.717) is 17.4 Å². The molecule has 0 saturated carbocycles. The second-order valence-electron chi connectivity index (χ2n) is 6.57. The smallest absolute Gasteiger partial charge is 0.417 e.